The van der Waals surface area contributed by atoms with Crippen LogP contribution >= 0.6 is 0 Å². The number of hydrogen-bond donors (Lipinski definition) is 6. The number of dihydropyridines is 1. The van der Waals surface area contributed by atoms with Gasteiger partial charge in [-0.25, -0.2) is 0 Å². The van der Waals surface area contributed by atoms with Crippen LogP contribution in [0, 0.1) is 5.41 Å². The Balaban J connectivity index is 1.49. The van der Waals surface area contributed by atoms with E-state index < -0.39 is 11.3 Å². The van der Waals surface area contributed by atoms with E-state index in [1.54, 1.807) is 6.07 Å². The molecule has 7 N–H and O–H groups in total. The van der Waals surface area contributed by atoms with Gasteiger partial charge in [0.15, 0.2) is 11.5 Å². The number of aliphatic hydroxyl groups is 2. The first-order chi connectivity index (χ1) is 21.8. The Morgan fingerprint density at radius 2 is 1.78 bits per heavy atom. The molecule has 2 heterocycles. The largest absolute Gasteiger partial charge is 0.504 e. The molecule has 1 aliphatic heterocycles. The molecule has 4 rings (SSSR count). The van der Waals surface area contributed by atoms with E-state index in [2.05, 4.69) is 10.3 Å². The number of aromatic nitrogens is 1. The molecule has 1 aliphatic carbocycles. The molecule has 2 atom stereocenters. The van der Waals surface area contributed by atoms with Gasteiger partial charge < -0.3 is 36.1 Å². The highest BCUT2D eigenvalue weighted by Crippen LogP contribution is 2.54. The topological polar surface area (TPSA) is 158 Å². The van der Waals surface area contributed by atoms with Crippen molar-refractivity contribution in [3.8, 4) is 11.5 Å². The monoisotopic (exact) mass is 619 g/mol. The van der Waals surface area contributed by atoms with Crippen molar-refractivity contribution in [3.05, 3.63) is 82.5 Å². The molecule has 0 unspecified atom stereocenters. The number of ether oxygens (including phenoxy) is 1. The highest BCUT2D eigenvalue weighted by molar-refractivity contribution is 5.99. The lowest BCUT2D eigenvalue weighted by Gasteiger charge is -2.43. The molecule has 0 spiro atoms. The van der Waals surface area contributed by atoms with E-state index >= 15 is 0 Å². The van der Waals surface area contributed by atoms with Crippen LogP contribution in [0.2, 0.25) is 0 Å². The van der Waals surface area contributed by atoms with E-state index in [4.69, 9.17) is 15.6 Å². The van der Waals surface area contributed by atoms with Gasteiger partial charge in [-0.2, -0.15) is 0 Å². The molecule has 2 aromatic rings. The predicted octanol–water partition coefficient (Wildman–Crippen LogP) is 4.88. The summed E-state index contributed by atoms with van der Waals surface area (Å²) in [6.45, 7) is 0.580. The number of carbonyl (C=O) groups excluding carboxylic acids is 2. The van der Waals surface area contributed by atoms with Gasteiger partial charge in [0.25, 0.3) is 0 Å². The fourth-order valence-electron chi connectivity index (χ4n) is 6.62. The van der Waals surface area contributed by atoms with Gasteiger partial charge in [-0.05, 0) is 55.0 Å². The normalized spacial score (nSPS) is 19.2. The molecule has 0 bridgehead atoms. The highest BCUT2D eigenvalue weighted by atomic mass is 16.5. The average Bonchev–Trinajstić information content (AvgIpc) is 3.55. The summed E-state index contributed by atoms with van der Waals surface area (Å²) in [6, 6.07) is 7.53. The smallest absolute Gasteiger partial charge is 0.161 e. The number of aliphatic hydroxyl groups excluding tert-OH is 2. The summed E-state index contributed by atoms with van der Waals surface area (Å²) < 4.78 is 5.59. The van der Waals surface area contributed by atoms with Crippen molar-refractivity contribution in [1.82, 2.24) is 10.3 Å². The zero-order valence-corrected chi connectivity index (χ0v) is 26.4. The van der Waals surface area contributed by atoms with E-state index in [9.17, 15) is 19.8 Å². The Labute approximate surface area is 266 Å². The molecule has 45 heavy (non-hydrogen) atoms. The van der Waals surface area contributed by atoms with Gasteiger partial charge in [0, 0.05) is 60.4 Å². The molecule has 2 aliphatic rings. The molecule has 1 aromatic carbocycles. The second-order valence-electron chi connectivity index (χ2n) is 12.3. The van der Waals surface area contributed by atoms with Crippen molar-refractivity contribution >= 4 is 11.6 Å². The quantitative estimate of drug-likeness (QED) is 0.0960. The highest BCUT2D eigenvalue weighted by Gasteiger charge is 2.45. The fraction of sp³-hybridized carbons (Fsp3) is 0.500. The molecule has 0 saturated heterocycles. The maximum Gasteiger partial charge on any atom is 0.161 e. The van der Waals surface area contributed by atoms with Gasteiger partial charge in [-0.1, -0.05) is 56.4 Å². The summed E-state index contributed by atoms with van der Waals surface area (Å²) in [5.74, 6) is 0.233. The molecular weight excluding hydrogens is 570 g/mol. The van der Waals surface area contributed by atoms with Gasteiger partial charge in [0.2, 0.25) is 0 Å². The Hall–Kier alpha value is -3.82. The first-order valence-corrected chi connectivity index (χ1v) is 16.2. The molecule has 0 radical (unpaired) electrons. The van der Waals surface area contributed by atoms with Crippen molar-refractivity contribution in [2.24, 2.45) is 11.1 Å². The third-order valence-corrected chi connectivity index (χ3v) is 9.06. The summed E-state index contributed by atoms with van der Waals surface area (Å²) in [5.41, 5.74) is 9.64. The molecule has 9 heteroatoms. The number of unbranched alkanes of at least 4 members (excludes halogenated alkanes) is 6. The number of benzene rings is 1. The second kappa shape index (κ2) is 16.5. The number of aromatic hydroxyl groups is 1. The third-order valence-electron chi connectivity index (χ3n) is 9.06. The summed E-state index contributed by atoms with van der Waals surface area (Å²) in [7, 11) is 1.49. The first kappa shape index (κ1) is 34.1. The van der Waals surface area contributed by atoms with E-state index in [0.717, 1.165) is 67.3 Å². The van der Waals surface area contributed by atoms with Crippen LogP contribution in [0.4, 0.5) is 0 Å². The molecule has 244 valence electrons. The van der Waals surface area contributed by atoms with Gasteiger partial charge in [-0.3, -0.25) is 9.59 Å². The van der Waals surface area contributed by atoms with Crippen LogP contribution in [-0.2, 0) is 22.4 Å². The molecule has 1 aromatic heterocycles. The minimum absolute atomic E-state index is 0.0156. The Bertz CT molecular complexity index is 1390. The van der Waals surface area contributed by atoms with E-state index in [-0.39, 0.29) is 49.1 Å². The molecule has 0 fully saturated rings. The third kappa shape index (κ3) is 8.67. The maximum absolute atomic E-state index is 12.8. The minimum atomic E-state index is -0.791. The Kier molecular flexibility index (Phi) is 12.5. The minimum Gasteiger partial charge on any atom is -0.504 e. The van der Waals surface area contributed by atoms with E-state index in [0.29, 0.717) is 37.2 Å². The number of aryl methyl sites for hydroxylation is 1. The summed E-state index contributed by atoms with van der Waals surface area (Å²) in [5, 5.41) is 34.5. The SMILES string of the molecule is COc1cc(CCC(=O)CC(=O)CCCCCCCCCO)cc([C@@H]2C3=CCNC(N)=C3C=C[C@@]2(CO)Cc2ccc[nH]2)c1O. The average molecular weight is 620 g/mol. The predicted molar refractivity (Wildman–Crippen MR) is 175 cm³/mol. The number of phenolic OH excluding ortho intramolecular Hbond substituents is 1. The standard InChI is InChI=1S/C36H49N3O6/c1-45-32-21-25(12-13-28(43)22-27(42)11-7-5-3-2-4-6-8-19-40)20-31(34(32)44)33-29-15-18-39-35(37)30(29)14-16-36(33,24-41)23-26-10-9-17-38-26/h9-10,14-17,20-21,33,38-41,44H,2-8,11-13,18-19,22-24,37H2,1H3/t33-,36-/m0/s1. The summed E-state index contributed by atoms with van der Waals surface area (Å²) in [4.78, 5) is 28.5. The van der Waals surface area contributed by atoms with Gasteiger partial charge in [0.05, 0.1) is 20.1 Å². The Morgan fingerprint density at radius 1 is 1.04 bits per heavy atom. The number of aromatic amines is 1. The van der Waals surface area contributed by atoms with Crippen molar-refractivity contribution in [2.75, 3.05) is 26.9 Å². The summed E-state index contributed by atoms with van der Waals surface area (Å²) >= 11 is 0. The van der Waals surface area contributed by atoms with Crippen molar-refractivity contribution < 1.29 is 29.6 Å². The zero-order chi connectivity index (χ0) is 32.2. The molecule has 0 saturated carbocycles. The fourth-order valence-corrected chi connectivity index (χ4v) is 6.62. The molecule has 9 nitrogen and oxygen atoms in total. The maximum atomic E-state index is 12.8. The van der Waals surface area contributed by atoms with Crippen molar-refractivity contribution in [1.29, 1.82) is 0 Å². The lowest BCUT2D eigenvalue weighted by Crippen LogP contribution is -2.40. The van der Waals surface area contributed by atoms with Crippen LogP contribution < -0.4 is 15.8 Å². The Morgan fingerprint density at radius 3 is 2.47 bits per heavy atom. The van der Waals surface area contributed by atoms with Crippen LogP contribution in [0.25, 0.3) is 0 Å². The number of ketones is 2. The van der Waals surface area contributed by atoms with Crippen LogP contribution in [0.1, 0.15) is 86.9 Å². The number of nitrogens with two attached hydrogens (primary N) is 1. The molecule has 0 amide bonds. The van der Waals surface area contributed by atoms with Crippen molar-refractivity contribution in [2.45, 2.75) is 83.0 Å². The van der Waals surface area contributed by atoms with Crippen molar-refractivity contribution in [3.63, 3.8) is 0 Å². The van der Waals surface area contributed by atoms with Crippen LogP contribution in [0.5, 0.6) is 11.5 Å². The van der Waals surface area contributed by atoms with Gasteiger partial charge in [-0.15, -0.1) is 0 Å². The number of Topliss-reactive ketones (excluding diaryl/α,β-unsaturated/α-hetero) is 2. The van der Waals surface area contributed by atoms with Crippen LogP contribution in [0.3, 0.4) is 0 Å². The number of phenols is 1. The number of methoxy groups -OCH3 is 1. The number of carbonyl (C=O) groups is 2. The number of rotatable bonds is 19. The first-order valence-electron chi connectivity index (χ1n) is 16.2. The molecular formula is C36H49N3O6. The van der Waals surface area contributed by atoms with Crippen LogP contribution in [-0.4, -0.2) is 58.7 Å². The summed E-state index contributed by atoms with van der Waals surface area (Å²) in [6.07, 6.45) is 16.2. The number of hydrogen-bond acceptors (Lipinski definition) is 8. The lowest BCUT2D eigenvalue weighted by atomic mass is 9.61. The number of fused-ring (bicyclic) bond motifs is 1. The van der Waals surface area contributed by atoms with Gasteiger partial charge in [0.1, 0.15) is 17.4 Å². The van der Waals surface area contributed by atoms with E-state index in [1.807, 2.05) is 42.6 Å². The number of allylic oxidation sites excluding steroid dienone is 3. The zero-order valence-electron chi connectivity index (χ0n) is 26.4. The number of nitrogens with one attached hydrogen (secondary N) is 2. The second-order valence-corrected chi connectivity index (χ2v) is 12.3. The lowest BCUT2D eigenvalue weighted by molar-refractivity contribution is -0.127. The van der Waals surface area contributed by atoms with Crippen LogP contribution in [0.15, 0.2) is 65.7 Å². The van der Waals surface area contributed by atoms with E-state index in [1.165, 1.54) is 7.11 Å². The van der Waals surface area contributed by atoms with Gasteiger partial charge >= 0.3 is 0 Å². The number of H-pyrrole nitrogens is 1.